The summed E-state index contributed by atoms with van der Waals surface area (Å²) in [5, 5.41) is 0.469. The van der Waals surface area contributed by atoms with Gasteiger partial charge in [-0.05, 0) is 18.6 Å². The summed E-state index contributed by atoms with van der Waals surface area (Å²) in [5.74, 6) is -0.868. The van der Waals surface area contributed by atoms with Gasteiger partial charge in [-0.2, -0.15) is 9.37 Å². The van der Waals surface area contributed by atoms with Crippen molar-refractivity contribution >= 4 is 16.8 Å². The Labute approximate surface area is 166 Å². The minimum absolute atomic E-state index is 0.0916. The number of amides is 1. The summed E-state index contributed by atoms with van der Waals surface area (Å²) in [6.45, 7) is 2.46. The third-order valence-electron chi connectivity index (χ3n) is 4.98. The van der Waals surface area contributed by atoms with Crippen molar-refractivity contribution in [1.82, 2.24) is 24.4 Å². The Bertz CT molecular complexity index is 1120. The predicted octanol–water partition coefficient (Wildman–Crippen LogP) is 1.57. The monoisotopic (exact) mass is 397 g/mol. The molecule has 1 aromatic carbocycles. The highest BCUT2D eigenvalue weighted by Gasteiger charge is 2.29. The number of aromatic nitrogens is 4. The summed E-state index contributed by atoms with van der Waals surface area (Å²) >= 11 is 0. The van der Waals surface area contributed by atoms with Gasteiger partial charge in [0.25, 0.3) is 11.4 Å². The highest BCUT2D eigenvalue weighted by Crippen LogP contribution is 2.21. The topological polar surface area (TPSA) is 90.2 Å². The van der Waals surface area contributed by atoms with E-state index < -0.39 is 5.82 Å². The van der Waals surface area contributed by atoms with E-state index in [2.05, 4.69) is 15.0 Å². The van der Waals surface area contributed by atoms with Crippen molar-refractivity contribution in [3.05, 3.63) is 58.8 Å². The summed E-state index contributed by atoms with van der Waals surface area (Å²) in [6, 6.07) is 7.00. The quantitative estimate of drug-likeness (QED) is 0.649. The van der Waals surface area contributed by atoms with Crippen molar-refractivity contribution < 1.29 is 13.9 Å². The minimum atomic E-state index is -0.562. The van der Waals surface area contributed by atoms with Crippen LogP contribution in [0.15, 0.2) is 41.7 Å². The lowest BCUT2D eigenvalue weighted by molar-refractivity contribution is -0.131. The van der Waals surface area contributed by atoms with E-state index >= 15 is 0 Å². The molecule has 1 saturated heterocycles. The molecule has 3 heterocycles. The summed E-state index contributed by atoms with van der Waals surface area (Å²) in [4.78, 5) is 38.8. The summed E-state index contributed by atoms with van der Waals surface area (Å²) in [6.07, 6.45) is 3.29. The number of benzene rings is 1. The number of rotatable bonds is 5. The number of fused-ring (bicyclic) bond motifs is 1. The fourth-order valence-electron chi connectivity index (χ4n) is 3.39. The van der Waals surface area contributed by atoms with Crippen molar-refractivity contribution in [2.75, 3.05) is 13.1 Å². The SMILES string of the molecule is CCc1ncnc(O[C@H]2CCN(C(=O)Cn3cnc4ccccc4c3=O)C2)c1F. The van der Waals surface area contributed by atoms with E-state index in [1.807, 2.05) is 0 Å². The van der Waals surface area contributed by atoms with Crippen LogP contribution in [0.2, 0.25) is 0 Å². The summed E-state index contributed by atoms with van der Waals surface area (Å²) in [5.41, 5.74) is 0.629. The standard InChI is InChI=1S/C20H20FN5O3/c1-2-15-18(21)19(23-11-22-15)29-13-7-8-25(9-13)17(27)10-26-12-24-16-6-4-3-5-14(16)20(26)28/h3-6,11-13H,2,7-10H2,1H3/t13-/m0/s1. The molecule has 1 aliphatic heterocycles. The van der Waals surface area contributed by atoms with E-state index in [0.29, 0.717) is 42.5 Å². The Hall–Kier alpha value is -3.36. The van der Waals surface area contributed by atoms with Gasteiger partial charge >= 0.3 is 0 Å². The van der Waals surface area contributed by atoms with Gasteiger partial charge in [0.2, 0.25) is 11.7 Å². The number of nitrogens with zero attached hydrogens (tertiary/aromatic N) is 5. The maximum atomic E-state index is 14.3. The number of likely N-dealkylation sites (tertiary alicyclic amines) is 1. The van der Waals surface area contributed by atoms with E-state index in [-0.39, 0.29) is 30.0 Å². The molecule has 0 spiro atoms. The van der Waals surface area contributed by atoms with Gasteiger partial charge in [0.1, 0.15) is 19.0 Å². The van der Waals surface area contributed by atoms with Gasteiger partial charge in [0, 0.05) is 13.0 Å². The lowest BCUT2D eigenvalue weighted by Gasteiger charge is -2.18. The summed E-state index contributed by atoms with van der Waals surface area (Å²) in [7, 11) is 0. The van der Waals surface area contributed by atoms with Crippen LogP contribution in [-0.4, -0.2) is 49.5 Å². The molecule has 0 radical (unpaired) electrons. The van der Waals surface area contributed by atoms with Crippen LogP contribution < -0.4 is 10.3 Å². The molecular weight excluding hydrogens is 377 g/mol. The first kappa shape index (κ1) is 19.0. The van der Waals surface area contributed by atoms with Crippen LogP contribution in [0.3, 0.4) is 0 Å². The fourth-order valence-corrected chi connectivity index (χ4v) is 3.39. The molecular formula is C20H20FN5O3. The number of halogens is 1. The highest BCUT2D eigenvalue weighted by molar-refractivity contribution is 5.79. The molecule has 1 aliphatic rings. The van der Waals surface area contributed by atoms with E-state index in [1.165, 1.54) is 17.2 Å². The first-order chi connectivity index (χ1) is 14.1. The van der Waals surface area contributed by atoms with Gasteiger partial charge in [0.05, 0.1) is 29.5 Å². The molecule has 1 atom stereocenters. The molecule has 1 fully saturated rings. The van der Waals surface area contributed by atoms with Crippen molar-refractivity contribution in [3.8, 4) is 5.88 Å². The van der Waals surface area contributed by atoms with Crippen molar-refractivity contribution in [2.24, 2.45) is 0 Å². The maximum Gasteiger partial charge on any atom is 0.261 e. The number of carbonyl (C=O) groups is 1. The third kappa shape index (κ3) is 3.80. The number of carbonyl (C=O) groups excluding carboxylic acids is 1. The Balaban J connectivity index is 1.43. The maximum absolute atomic E-state index is 14.3. The Kier molecular flexibility index (Phi) is 5.20. The predicted molar refractivity (Wildman–Crippen MR) is 103 cm³/mol. The fraction of sp³-hybridized carbons (Fsp3) is 0.350. The molecule has 0 unspecified atom stereocenters. The lowest BCUT2D eigenvalue weighted by atomic mass is 10.2. The van der Waals surface area contributed by atoms with Crippen LogP contribution >= 0.6 is 0 Å². The number of aryl methyl sites for hydroxylation is 1. The van der Waals surface area contributed by atoms with Crippen LogP contribution in [0.4, 0.5) is 4.39 Å². The molecule has 0 N–H and O–H groups in total. The Morgan fingerprint density at radius 2 is 2.10 bits per heavy atom. The van der Waals surface area contributed by atoms with E-state index in [0.717, 1.165) is 0 Å². The second-order valence-electron chi connectivity index (χ2n) is 6.86. The highest BCUT2D eigenvalue weighted by atomic mass is 19.1. The van der Waals surface area contributed by atoms with Crippen molar-refractivity contribution in [1.29, 1.82) is 0 Å². The second kappa shape index (κ2) is 7.94. The number of para-hydroxylation sites is 1. The average molecular weight is 397 g/mol. The van der Waals surface area contributed by atoms with Crippen molar-refractivity contribution in [3.63, 3.8) is 0 Å². The first-order valence-electron chi connectivity index (χ1n) is 9.44. The van der Waals surface area contributed by atoms with Crippen LogP contribution in [-0.2, 0) is 17.8 Å². The Morgan fingerprint density at radius 3 is 2.93 bits per heavy atom. The molecule has 0 saturated carbocycles. The molecule has 150 valence electrons. The number of hydrogen-bond acceptors (Lipinski definition) is 6. The van der Waals surface area contributed by atoms with E-state index in [4.69, 9.17) is 4.74 Å². The molecule has 9 heteroatoms. The smallest absolute Gasteiger partial charge is 0.261 e. The lowest BCUT2D eigenvalue weighted by Crippen LogP contribution is -2.36. The molecule has 0 aliphatic carbocycles. The van der Waals surface area contributed by atoms with E-state index in [1.54, 1.807) is 36.1 Å². The average Bonchev–Trinajstić information content (AvgIpc) is 3.20. The van der Waals surface area contributed by atoms with Gasteiger partial charge in [-0.15, -0.1) is 0 Å². The number of ether oxygens (including phenoxy) is 1. The number of hydrogen-bond donors (Lipinski definition) is 0. The largest absolute Gasteiger partial charge is 0.470 e. The molecule has 3 aromatic rings. The molecule has 29 heavy (non-hydrogen) atoms. The van der Waals surface area contributed by atoms with E-state index in [9.17, 15) is 14.0 Å². The third-order valence-corrected chi connectivity index (χ3v) is 4.98. The van der Waals surface area contributed by atoms with Gasteiger partial charge < -0.3 is 9.64 Å². The van der Waals surface area contributed by atoms with Gasteiger partial charge in [-0.25, -0.2) is 9.97 Å². The van der Waals surface area contributed by atoms with Crippen molar-refractivity contribution in [2.45, 2.75) is 32.4 Å². The zero-order valence-corrected chi connectivity index (χ0v) is 15.9. The zero-order chi connectivity index (χ0) is 20.4. The van der Waals surface area contributed by atoms with Gasteiger partial charge in [-0.1, -0.05) is 19.1 Å². The van der Waals surface area contributed by atoms with Crippen LogP contribution in [0, 0.1) is 5.82 Å². The Morgan fingerprint density at radius 1 is 1.28 bits per heavy atom. The zero-order valence-electron chi connectivity index (χ0n) is 15.9. The molecule has 8 nitrogen and oxygen atoms in total. The minimum Gasteiger partial charge on any atom is -0.470 e. The molecule has 4 rings (SSSR count). The molecule has 0 bridgehead atoms. The van der Waals surface area contributed by atoms with Crippen LogP contribution in [0.1, 0.15) is 19.0 Å². The van der Waals surface area contributed by atoms with Crippen LogP contribution in [0.5, 0.6) is 5.88 Å². The molecule has 2 aromatic heterocycles. The second-order valence-corrected chi connectivity index (χ2v) is 6.86. The first-order valence-corrected chi connectivity index (χ1v) is 9.44. The summed E-state index contributed by atoms with van der Waals surface area (Å²) < 4.78 is 21.2. The van der Waals surface area contributed by atoms with Crippen LogP contribution in [0.25, 0.3) is 10.9 Å². The normalized spacial score (nSPS) is 16.3. The van der Waals surface area contributed by atoms with Gasteiger partial charge in [-0.3, -0.25) is 14.2 Å². The molecule has 1 amide bonds. The van der Waals surface area contributed by atoms with Gasteiger partial charge in [0.15, 0.2) is 0 Å².